The number of carbonyl (C=O) groups excluding carboxylic acids is 2. The number of nitrogens with one attached hydrogen (secondary N) is 1. The lowest BCUT2D eigenvalue weighted by molar-refractivity contribution is -0.402. The van der Waals surface area contributed by atoms with E-state index in [-0.39, 0.29) is 28.0 Å². The highest BCUT2D eigenvalue weighted by atomic mass is 32.2. The number of aromatic amines is 1. The van der Waals surface area contributed by atoms with E-state index >= 15 is 0 Å². The Morgan fingerprint density at radius 3 is 2.63 bits per heavy atom. The summed E-state index contributed by atoms with van der Waals surface area (Å²) in [6.07, 6.45) is 1.25. The number of aromatic hydroxyl groups is 2. The Bertz CT molecular complexity index is 1120. The summed E-state index contributed by atoms with van der Waals surface area (Å²) in [6, 6.07) is 6.51. The molecule has 0 saturated carbocycles. The number of rotatable bonds is 3. The smallest absolute Gasteiger partial charge is 0.433 e. The predicted molar refractivity (Wildman–Crippen MR) is 95.4 cm³/mol. The highest BCUT2D eigenvalue weighted by Gasteiger charge is 2.37. The normalized spacial score (nSPS) is 16.0. The SMILES string of the molecule is O=C1S/C(=C\c2ccc([N+](=O)[O-])o2)C(=O)N1c1cc2cc(O)c(O)cc2[nH]1. The van der Waals surface area contributed by atoms with Crippen LogP contribution in [0.5, 0.6) is 11.5 Å². The maximum absolute atomic E-state index is 12.6. The third kappa shape index (κ3) is 2.79. The number of phenolic OH excluding ortho intramolecular Hbond substituents is 2. The van der Waals surface area contributed by atoms with Crippen molar-refractivity contribution < 1.29 is 29.1 Å². The minimum Gasteiger partial charge on any atom is -0.504 e. The molecule has 27 heavy (non-hydrogen) atoms. The fourth-order valence-corrected chi connectivity index (χ4v) is 3.40. The molecular weight excluding hydrogens is 378 g/mol. The molecule has 0 spiro atoms. The summed E-state index contributed by atoms with van der Waals surface area (Å²) in [6.45, 7) is 0. The molecule has 11 heteroatoms. The van der Waals surface area contributed by atoms with Crippen LogP contribution in [0.25, 0.3) is 17.0 Å². The summed E-state index contributed by atoms with van der Waals surface area (Å²) >= 11 is 0.655. The first-order valence-electron chi connectivity index (χ1n) is 7.40. The quantitative estimate of drug-likeness (QED) is 0.268. The van der Waals surface area contributed by atoms with Crippen molar-refractivity contribution in [1.29, 1.82) is 0 Å². The van der Waals surface area contributed by atoms with Crippen molar-refractivity contribution in [3.8, 4) is 11.5 Å². The fourth-order valence-electron chi connectivity index (χ4n) is 2.58. The van der Waals surface area contributed by atoms with Crippen LogP contribution in [0.3, 0.4) is 0 Å². The number of imide groups is 1. The zero-order valence-electron chi connectivity index (χ0n) is 13.2. The predicted octanol–water partition coefficient (Wildman–Crippen LogP) is 3.32. The molecule has 0 bridgehead atoms. The van der Waals surface area contributed by atoms with Gasteiger partial charge in [-0.15, -0.1) is 0 Å². The van der Waals surface area contributed by atoms with Gasteiger partial charge in [0, 0.05) is 17.5 Å². The molecule has 2 amide bonds. The van der Waals surface area contributed by atoms with E-state index in [1.54, 1.807) is 0 Å². The van der Waals surface area contributed by atoms with Crippen LogP contribution < -0.4 is 4.90 Å². The fraction of sp³-hybridized carbons (Fsp3) is 0. The van der Waals surface area contributed by atoms with Crippen LogP contribution >= 0.6 is 11.8 Å². The van der Waals surface area contributed by atoms with Crippen LogP contribution in [0.4, 0.5) is 16.5 Å². The van der Waals surface area contributed by atoms with Crippen LogP contribution in [-0.2, 0) is 4.79 Å². The van der Waals surface area contributed by atoms with Crippen molar-refractivity contribution in [2.75, 3.05) is 4.90 Å². The largest absolute Gasteiger partial charge is 0.504 e. The molecule has 10 nitrogen and oxygen atoms in total. The summed E-state index contributed by atoms with van der Waals surface area (Å²) in [4.78, 5) is 38.6. The molecule has 3 heterocycles. The van der Waals surface area contributed by atoms with Crippen LogP contribution in [0.2, 0.25) is 0 Å². The number of benzene rings is 1. The third-order valence-corrected chi connectivity index (χ3v) is 4.67. The van der Waals surface area contributed by atoms with E-state index in [1.165, 1.54) is 30.3 Å². The van der Waals surface area contributed by atoms with E-state index in [0.717, 1.165) is 11.0 Å². The maximum Gasteiger partial charge on any atom is 0.433 e. The van der Waals surface area contributed by atoms with E-state index in [2.05, 4.69) is 4.98 Å². The molecule has 3 aromatic rings. The first-order valence-corrected chi connectivity index (χ1v) is 8.22. The van der Waals surface area contributed by atoms with Crippen molar-refractivity contribution in [3.63, 3.8) is 0 Å². The van der Waals surface area contributed by atoms with Gasteiger partial charge in [0.05, 0.1) is 16.5 Å². The van der Waals surface area contributed by atoms with E-state index in [1.807, 2.05) is 0 Å². The molecule has 1 aliphatic heterocycles. The minimum atomic E-state index is -0.710. The number of phenols is 2. The zero-order valence-corrected chi connectivity index (χ0v) is 14.0. The Morgan fingerprint density at radius 1 is 1.19 bits per heavy atom. The Kier molecular flexibility index (Phi) is 3.66. The molecule has 1 aliphatic rings. The Hall–Kier alpha value is -3.73. The van der Waals surface area contributed by atoms with Gasteiger partial charge in [0.25, 0.3) is 11.1 Å². The number of carbonyl (C=O) groups is 2. The maximum atomic E-state index is 12.6. The second kappa shape index (κ2) is 5.92. The number of fused-ring (bicyclic) bond motifs is 1. The number of nitrogens with zero attached hydrogens (tertiary/aromatic N) is 2. The monoisotopic (exact) mass is 387 g/mol. The molecule has 1 fully saturated rings. The molecule has 1 aromatic carbocycles. The molecule has 136 valence electrons. The van der Waals surface area contributed by atoms with Crippen molar-refractivity contribution in [2.24, 2.45) is 0 Å². The summed E-state index contributed by atoms with van der Waals surface area (Å²) in [5.41, 5.74) is 0.421. The van der Waals surface area contributed by atoms with Gasteiger partial charge in [0.1, 0.15) is 16.5 Å². The van der Waals surface area contributed by atoms with Crippen molar-refractivity contribution in [1.82, 2.24) is 4.98 Å². The van der Waals surface area contributed by atoms with E-state index in [4.69, 9.17) is 4.42 Å². The third-order valence-electron chi connectivity index (χ3n) is 3.80. The highest BCUT2D eigenvalue weighted by Crippen LogP contribution is 2.38. The Morgan fingerprint density at radius 2 is 1.93 bits per heavy atom. The lowest BCUT2D eigenvalue weighted by Crippen LogP contribution is -2.27. The van der Waals surface area contributed by atoms with E-state index in [9.17, 15) is 29.9 Å². The number of nitro groups is 1. The van der Waals surface area contributed by atoms with Crippen LogP contribution in [0.15, 0.2) is 39.7 Å². The van der Waals surface area contributed by atoms with Gasteiger partial charge in [-0.1, -0.05) is 0 Å². The van der Waals surface area contributed by atoms with Crippen LogP contribution in [-0.4, -0.2) is 31.3 Å². The summed E-state index contributed by atoms with van der Waals surface area (Å²) in [5, 5.41) is 29.7. The van der Waals surface area contributed by atoms with Gasteiger partial charge >= 0.3 is 5.88 Å². The zero-order chi connectivity index (χ0) is 19.3. The molecule has 1 saturated heterocycles. The van der Waals surface area contributed by atoms with Gasteiger partial charge in [-0.3, -0.25) is 19.7 Å². The minimum absolute atomic E-state index is 0.0357. The van der Waals surface area contributed by atoms with Crippen molar-refractivity contribution in [3.05, 3.63) is 51.1 Å². The number of H-pyrrole nitrogens is 1. The summed E-state index contributed by atoms with van der Waals surface area (Å²) in [7, 11) is 0. The number of furan rings is 1. The number of hydrogen-bond donors (Lipinski definition) is 3. The van der Waals surface area contributed by atoms with Gasteiger partial charge in [-0.25, -0.2) is 4.90 Å². The molecule has 0 atom stereocenters. The summed E-state index contributed by atoms with van der Waals surface area (Å²) < 4.78 is 4.97. The Balaban J connectivity index is 1.68. The average Bonchev–Trinajstić information content (AvgIpc) is 3.27. The van der Waals surface area contributed by atoms with Gasteiger partial charge in [-0.2, -0.15) is 0 Å². The number of hydrogen-bond acceptors (Lipinski definition) is 8. The first-order chi connectivity index (χ1) is 12.8. The van der Waals surface area contributed by atoms with Gasteiger partial charge in [0.2, 0.25) is 0 Å². The number of thioether (sulfide) groups is 1. The topological polar surface area (TPSA) is 150 Å². The summed E-state index contributed by atoms with van der Waals surface area (Å²) in [5.74, 6) is -1.56. The van der Waals surface area contributed by atoms with Crippen molar-refractivity contribution in [2.45, 2.75) is 0 Å². The number of anilines is 1. The van der Waals surface area contributed by atoms with E-state index in [0.29, 0.717) is 22.7 Å². The second-order valence-corrected chi connectivity index (χ2v) is 6.53. The lowest BCUT2D eigenvalue weighted by atomic mass is 10.2. The molecule has 0 aliphatic carbocycles. The molecule has 0 radical (unpaired) electrons. The molecule has 3 N–H and O–H groups in total. The van der Waals surface area contributed by atoms with Crippen LogP contribution in [0.1, 0.15) is 5.76 Å². The van der Waals surface area contributed by atoms with E-state index < -0.39 is 22.0 Å². The average molecular weight is 387 g/mol. The van der Waals surface area contributed by atoms with Gasteiger partial charge in [-0.05, 0) is 30.0 Å². The lowest BCUT2D eigenvalue weighted by Gasteiger charge is -2.08. The molecular formula is C16H9N3O7S. The molecule has 2 aromatic heterocycles. The van der Waals surface area contributed by atoms with Crippen molar-refractivity contribution >= 4 is 51.6 Å². The molecule has 4 rings (SSSR count). The number of aromatic nitrogens is 1. The number of amides is 2. The Labute approximate surface area is 153 Å². The van der Waals surface area contributed by atoms with Gasteiger partial charge in [0.15, 0.2) is 11.5 Å². The van der Waals surface area contributed by atoms with Gasteiger partial charge < -0.3 is 19.6 Å². The standard InChI is InChI=1S/C16H9N3O7S/c20-10-3-7-4-13(17-9(7)6-11(10)21)18-15(22)12(27-16(18)23)5-8-1-2-14(26-8)19(24)25/h1-6,17,20-21H/b12-5-. The highest BCUT2D eigenvalue weighted by molar-refractivity contribution is 8.19. The van der Waals surface area contributed by atoms with Crippen LogP contribution in [0, 0.1) is 10.1 Å². The second-order valence-electron chi connectivity index (χ2n) is 5.53. The molecule has 0 unspecified atom stereocenters. The first kappa shape index (κ1) is 16.7.